The molecule has 0 spiro atoms. The van der Waals surface area contributed by atoms with Crippen molar-refractivity contribution in [3.05, 3.63) is 111 Å². The van der Waals surface area contributed by atoms with Crippen LogP contribution in [-0.4, -0.2) is 125 Å². The molecule has 5 aliphatic heterocycles. The zero-order valence-corrected chi connectivity index (χ0v) is 39.7. The molecule has 5 aromatic rings. The van der Waals surface area contributed by atoms with Gasteiger partial charge < -0.3 is 29.7 Å². The third kappa shape index (κ3) is 8.97. The number of carbonyl (C=O) groups excluding carboxylic acids is 3. The summed E-state index contributed by atoms with van der Waals surface area (Å²) in [5.74, 6) is -0.408. The molecule has 2 unspecified atom stereocenters. The number of nitrogens with one attached hydrogen (secondary N) is 3. The van der Waals surface area contributed by atoms with Crippen LogP contribution in [0.4, 0.5) is 25.8 Å². The Morgan fingerprint density at radius 3 is 2.46 bits per heavy atom. The minimum absolute atomic E-state index is 0.0351. The molecule has 362 valence electrons. The highest BCUT2D eigenvalue weighted by atomic mass is 19.1. The van der Waals surface area contributed by atoms with E-state index in [0.29, 0.717) is 109 Å². The number of pyridine rings is 2. The molecule has 0 aliphatic carbocycles. The lowest BCUT2D eigenvalue weighted by molar-refractivity contribution is -0.133. The summed E-state index contributed by atoms with van der Waals surface area (Å²) >= 11 is 0. The van der Waals surface area contributed by atoms with Gasteiger partial charge in [0.25, 0.3) is 11.5 Å². The fraction of sp³-hybridized carbons (Fsp3) is 0.442. The average Bonchev–Trinajstić information content (AvgIpc) is 4.00. The number of halogens is 2. The lowest BCUT2D eigenvalue weighted by atomic mass is 9.92. The van der Waals surface area contributed by atoms with Gasteiger partial charge in [0, 0.05) is 131 Å². The van der Waals surface area contributed by atoms with Gasteiger partial charge in [0.15, 0.2) is 5.82 Å². The fourth-order valence-corrected chi connectivity index (χ4v) is 11.2. The standard InChI is InChI=1S/C52H60F2N10O5/c1-31-25-35(51(67)63-17-11-33(12-18-63)29-60-21-23-62(24-22-60)36-5-6-41(45(27-36)69-4)57-42-7-8-46(65)58-50(42)66)26-39(53)47(31)34-13-19-61(20-14-34)32(2)44-28-38-43(10-16-56-49(38)59(44)3)64-30-40(54)48-37(52(64)68)9-15-55-48/h5-6,10,13,16,25-28,30,32-33,42,55,57H,7-9,11-12,14-15,17-24,29H2,1-4H3,(H,58,65,66). The number of rotatable bonds is 11. The lowest BCUT2D eigenvalue weighted by Crippen LogP contribution is -2.49. The number of likely N-dealkylation sites (tertiary alicyclic amines) is 1. The van der Waals surface area contributed by atoms with Gasteiger partial charge in [-0.3, -0.25) is 38.9 Å². The highest BCUT2D eigenvalue weighted by molar-refractivity contribution is 6.01. The van der Waals surface area contributed by atoms with E-state index in [1.165, 1.54) is 16.8 Å². The maximum absolute atomic E-state index is 16.1. The first-order valence-corrected chi connectivity index (χ1v) is 24.3. The van der Waals surface area contributed by atoms with Crippen molar-refractivity contribution >= 4 is 51.4 Å². The monoisotopic (exact) mass is 942 g/mol. The van der Waals surface area contributed by atoms with Crippen molar-refractivity contribution in [2.24, 2.45) is 13.0 Å². The molecule has 17 heteroatoms. The third-order valence-corrected chi connectivity index (χ3v) is 15.1. The minimum Gasteiger partial charge on any atom is -0.495 e. The summed E-state index contributed by atoms with van der Waals surface area (Å²) in [5, 5.41) is 9.38. The minimum atomic E-state index is -0.490. The molecular weight excluding hydrogens is 883 g/mol. The predicted octanol–water partition coefficient (Wildman–Crippen LogP) is 6.03. The molecule has 0 radical (unpaired) electrons. The number of aryl methyl sites for hydroxylation is 2. The van der Waals surface area contributed by atoms with E-state index in [9.17, 15) is 19.2 Å². The molecule has 3 fully saturated rings. The number of hydrogen-bond acceptors (Lipinski definition) is 11. The first kappa shape index (κ1) is 46.2. The summed E-state index contributed by atoms with van der Waals surface area (Å²) in [5.41, 5.74) is 7.19. The van der Waals surface area contributed by atoms with Gasteiger partial charge in [-0.1, -0.05) is 6.08 Å². The summed E-state index contributed by atoms with van der Waals surface area (Å²) in [6.07, 6.45) is 8.64. The van der Waals surface area contributed by atoms with Gasteiger partial charge in [0.2, 0.25) is 11.8 Å². The Kier molecular flexibility index (Phi) is 12.8. The van der Waals surface area contributed by atoms with Crippen LogP contribution in [0.5, 0.6) is 5.75 Å². The molecule has 0 bridgehead atoms. The number of ether oxygens (including phenoxy) is 1. The molecule has 3 amide bonds. The van der Waals surface area contributed by atoms with Gasteiger partial charge in [-0.05, 0) is 99.4 Å². The molecule has 2 atom stereocenters. The van der Waals surface area contributed by atoms with Crippen molar-refractivity contribution in [1.29, 1.82) is 0 Å². The maximum Gasteiger partial charge on any atom is 0.260 e. The number of amides is 3. The predicted molar refractivity (Wildman–Crippen MR) is 262 cm³/mol. The van der Waals surface area contributed by atoms with Crippen LogP contribution in [0.3, 0.4) is 0 Å². The summed E-state index contributed by atoms with van der Waals surface area (Å²) < 4.78 is 40.3. The van der Waals surface area contributed by atoms with Crippen LogP contribution in [0, 0.1) is 24.5 Å². The molecule has 0 saturated carbocycles. The van der Waals surface area contributed by atoms with Crippen molar-refractivity contribution in [3.8, 4) is 11.4 Å². The van der Waals surface area contributed by atoms with E-state index in [1.54, 1.807) is 19.4 Å². The fourth-order valence-electron chi connectivity index (χ4n) is 11.2. The average molecular weight is 943 g/mol. The van der Waals surface area contributed by atoms with Crippen LogP contribution in [0.25, 0.3) is 22.3 Å². The summed E-state index contributed by atoms with van der Waals surface area (Å²) in [4.78, 5) is 64.8. The Morgan fingerprint density at radius 1 is 0.942 bits per heavy atom. The number of nitrogens with zero attached hydrogens (tertiary/aromatic N) is 7. The highest BCUT2D eigenvalue weighted by Gasteiger charge is 2.31. The molecule has 10 rings (SSSR count). The topological polar surface area (TPSA) is 149 Å². The van der Waals surface area contributed by atoms with Crippen molar-refractivity contribution in [3.63, 3.8) is 0 Å². The van der Waals surface area contributed by atoms with E-state index >= 15 is 8.78 Å². The Balaban J connectivity index is 0.721. The van der Waals surface area contributed by atoms with Gasteiger partial charge in [0.1, 0.15) is 23.3 Å². The van der Waals surface area contributed by atoms with Gasteiger partial charge >= 0.3 is 0 Å². The first-order chi connectivity index (χ1) is 33.3. The SMILES string of the molecule is COc1cc(N2CCN(CC3CCN(C(=O)c4cc(C)c(C5=CCN(C(C)c6cc7c(-n8cc(F)c9c(c8=O)CCN9)ccnc7n6C)CC5)c(F)c4)CC3)CC2)ccc1NC1CCC(=O)NC1=O. The van der Waals surface area contributed by atoms with Crippen LogP contribution in [0.15, 0.2) is 65.7 Å². The highest BCUT2D eigenvalue weighted by Crippen LogP contribution is 2.36. The second-order valence-corrected chi connectivity index (χ2v) is 19.2. The molecule has 3 N–H and O–H groups in total. The molecule has 15 nitrogen and oxygen atoms in total. The maximum atomic E-state index is 16.1. The number of hydrogen-bond donors (Lipinski definition) is 3. The van der Waals surface area contributed by atoms with E-state index in [4.69, 9.17) is 4.74 Å². The Bertz CT molecular complexity index is 2910. The van der Waals surface area contributed by atoms with Crippen molar-refractivity contribution in [2.75, 3.05) is 88.1 Å². The number of fused-ring (bicyclic) bond motifs is 2. The van der Waals surface area contributed by atoms with Crippen LogP contribution in [-0.2, 0) is 23.1 Å². The van der Waals surface area contributed by atoms with Crippen molar-refractivity contribution < 1.29 is 27.9 Å². The Hall–Kier alpha value is -6.59. The zero-order valence-electron chi connectivity index (χ0n) is 39.7. The number of carbonyl (C=O) groups is 3. The second-order valence-electron chi connectivity index (χ2n) is 19.2. The van der Waals surface area contributed by atoms with Gasteiger partial charge in [-0.15, -0.1) is 0 Å². The van der Waals surface area contributed by atoms with Gasteiger partial charge in [0.05, 0.1) is 30.4 Å². The summed E-state index contributed by atoms with van der Waals surface area (Å²) in [6, 6.07) is 12.5. The molecule has 8 heterocycles. The van der Waals surface area contributed by atoms with Gasteiger partial charge in [-0.2, -0.15) is 0 Å². The molecule has 69 heavy (non-hydrogen) atoms. The number of anilines is 3. The van der Waals surface area contributed by atoms with Crippen LogP contribution in [0.1, 0.15) is 77.8 Å². The summed E-state index contributed by atoms with van der Waals surface area (Å²) in [6.45, 7) is 11.7. The number of piperidine rings is 2. The number of imide groups is 1. The largest absolute Gasteiger partial charge is 0.495 e. The zero-order chi connectivity index (χ0) is 48.1. The molecule has 3 aromatic heterocycles. The van der Waals surface area contributed by atoms with E-state index in [-0.39, 0.29) is 35.1 Å². The first-order valence-electron chi connectivity index (χ1n) is 24.3. The number of piperazine rings is 1. The second kappa shape index (κ2) is 19.1. The smallest absolute Gasteiger partial charge is 0.260 e. The number of methoxy groups -OCH3 is 1. The van der Waals surface area contributed by atoms with E-state index in [0.717, 1.165) is 73.5 Å². The van der Waals surface area contributed by atoms with E-state index in [1.807, 2.05) is 53.8 Å². The Morgan fingerprint density at radius 2 is 1.74 bits per heavy atom. The summed E-state index contributed by atoms with van der Waals surface area (Å²) in [7, 11) is 3.57. The van der Waals surface area contributed by atoms with E-state index < -0.39 is 11.9 Å². The van der Waals surface area contributed by atoms with Crippen LogP contribution in [0.2, 0.25) is 0 Å². The Labute approximate surface area is 400 Å². The molecule has 3 saturated heterocycles. The number of aromatic nitrogens is 3. The van der Waals surface area contributed by atoms with Crippen LogP contribution < -0.4 is 31.1 Å². The van der Waals surface area contributed by atoms with Crippen molar-refractivity contribution in [1.82, 2.24) is 34.1 Å². The molecule has 5 aliphatic rings. The van der Waals surface area contributed by atoms with Crippen molar-refractivity contribution in [2.45, 2.75) is 64.5 Å². The third-order valence-electron chi connectivity index (χ3n) is 15.1. The molecule has 2 aromatic carbocycles. The number of benzene rings is 2. The quantitative estimate of drug-likeness (QED) is 0.133. The van der Waals surface area contributed by atoms with Gasteiger partial charge in [-0.25, -0.2) is 13.8 Å². The molecular formula is C52H60F2N10O5. The van der Waals surface area contributed by atoms with E-state index in [2.05, 4.69) is 48.6 Å². The lowest BCUT2D eigenvalue weighted by Gasteiger charge is -2.39. The van der Waals surface area contributed by atoms with Crippen LogP contribution >= 0.6 is 0 Å². The normalized spacial score (nSPS) is 19.9.